The summed E-state index contributed by atoms with van der Waals surface area (Å²) in [6, 6.07) is 6.77. The molecule has 1 amide bonds. The number of ketones is 1. The first-order valence-corrected chi connectivity index (χ1v) is 9.19. The van der Waals surface area contributed by atoms with Crippen LogP contribution >= 0.6 is 0 Å². The van der Waals surface area contributed by atoms with E-state index in [0.717, 1.165) is 0 Å². The number of nitrogen functional groups attached to an aromatic ring is 2. The van der Waals surface area contributed by atoms with Crippen LogP contribution in [0.2, 0.25) is 0 Å². The van der Waals surface area contributed by atoms with Crippen molar-refractivity contribution in [3.63, 3.8) is 0 Å². The van der Waals surface area contributed by atoms with Crippen LogP contribution < -0.4 is 11.5 Å². The molecule has 0 saturated carbocycles. The molecule has 6 nitrogen and oxygen atoms in total. The van der Waals surface area contributed by atoms with E-state index in [4.69, 9.17) is 16.9 Å². The van der Waals surface area contributed by atoms with Gasteiger partial charge in [-0.1, -0.05) is 44.7 Å². The molecule has 1 unspecified atom stereocenters. The number of carbonyl (C=O) groups is 2. The lowest BCUT2D eigenvalue weighted by Gasteiger charge is -2.28. The van der Waals surface area contributed by atoms with E-state index in [2.05, 4.69) is 6.58 Å². The molecule has 6 heteroatoms. The Hall–Kier alpha value is -3.41. The lowest BCUT2D eigenvalue weighted by molar-refractivity contribution is 0.0787. The Morgan fingerprint density at radius 3 is 2.11 bits per heavy atom. The van der Waals surface area contributed by atoms with E-state index in [-0.39, 0.29) is 57.4 Å². The number of fused-ring (bicyclic) bond motifs is 3. The van der Waals surface area contributed by atoms with Crippen molar-refractivity contribution in [1.82, 2.24) is 4.90 Å². The molecule has 1 aliphatic carbocycles. The van der Waals surface area contributed by atoms with Gasteiger partial charge in [0.25, 0.3) is 5.91 Å². The van der Waals surface area contributed by atoms with Gasteiger partial charge in [-0.05, 0) is 12.8 Å². The van der Waals surface area contributed by atoms with Crippen molar-refractivity contribution in [2.45, 2.75) is 26.8 Å². The molecular formula is C22H22N4O2. The van der Waals surface area contributed by atoms with E-state index < -0.39 is 0 Å². The van der Waals surface area contributed by atoms with Gasteiger partial charge < -0.3 is 16.4 Å². The first-order chi connectivity index (χ1) is 13.2. The molecule has 2 aliphatic rings. The molecule has 2 aromatic rings. The van der Waals surface area contributed by atoms with Gasteiger partial charge in [-0.2, -0.15) is 0 Å². The summed E-state index contributed by atoms with van der Waals surface area (Å²) in [4.78, 5) is 28.0. The van der Waals surface area contributed by atoms with E-state index in [1.54, 1.807) is 29.2 Å². The van der Waals surface area contributed by atoms with Crippen molar-refractivity contribution in [3.05, 3.63) is 64.2 Å². The second-order valence-electron chi connectivity index (χ2n) is 7.68. The zero-order valence-electron chi connectivity index (χ0n) is 16.1. The van der Waals surface area contributed by atoms with Gasteiger partial charge in [-0.25, -0.2) is 0 Å². The Labute approximate surface area is 163 Å². The average molecular weight is 374 g/mol. The molecular weight excluding hydrogens is 352 g/mol. The van der Waals surface area contributed by atoms with Crippen LogP contribution in [0.15, 0.2) is 30.8 Å². The average Bonchev–Trinajstić information content (AvgIpc) is 2.93. The minimum atomic E-state index is -0.317. The van der Waals surface area contributed by atoms with Crippen LogP contribution in [0.4, 0.5) is 11.4 Å². The summed E-state index contributed by atoms with van der Waals surface area (Å²) in [6.45, 7) is 10.1. The van der Waals surface area contributed by atoms with Crippen molar-refractivity contribution < 1.29 is 9.59 Å². The number of nitrogens with zero attached hydrogens (tertiary/aromatic N) is 1. The molecule has 142 valence electrons. The molecule has 1 atom stereocenters. The predicted octanol–water partition coefficient (Wildman–Crippen LogP) is 3.28. The first-order valence-electron chi connectivity index (χ1n) is 9.19. The number of carbonyl (C=O) groups excluding carboxylic acids is 2. The minimum absolute atomic E-state index is 0.0769. The molecule has 2 aromatic carbocycles. The summed E-state index contributed by atoms with van der Waals surface area (Å²) in [5.74, 6) is -0.426. The molecule has 1 aliphatic heterocycles. The largest absolute Gasteiger partial charge is 0.398 e. The zero-order valence-corrected chi connectivity index (χ0v) is 16.1. The van der Waals surface area contributed by atoms with Gasteiger partial charge in [0, 0.05) is 34.0 Å². The smallest absolute Gasteiger partial charge is 0.261 e. The molecule has 4 rings (SSSR count). The lowest BCUT2D eigenvalue weighted by atomic mass is 9.79. The maximum atomic E-state index is 13.2. The van der Waals surface area contributed by atoms with Gasteiger partial charge in [0.15, 0.2) is 5.78 Å². The monoisotopic (exact) mass is 374 g/mol. The van der Waals surface area contributed by atoms with Crippen LogP contribution in [0.1, 0.15) is 63.7 Å². The zero-order chi connectivity index (χ0) is 20.5. The standard InChI is InChI=1S/C22H22N4O2/c1-9(2)10(3)26-11(4)14-17(22(26)28)20(25)16-15(19(14)24)18(23)12-7-5-6-8-13(12)21(16)27/h5-10,23H,4,24-25H2,1-3H3. The fourth-order valence-electron chi connectivity index (χ4n) is 4.07. The van der Waals surface area contributed by atoms with Crippen LogP contribution in [0, 0.1) is 11.3 Å². The maximum Gasteiger partial charge on any atom is 0.261 e. The number of nitrogens with two attached hydrogens (primary N) is 2. The van der Waals surface area contributed by atoms with Crippen LogP contribution in [0.3, 0.4) is 0 Å². The Balaban J connectivity index is 2.02. The first kappa shape index (κ1) is 18.0. The summed E-state index contributed by atoms with van der Waals surface area (Å²) in [6.07, 6.45) is 0. The molecule has 0 bridgehead atoms. The SMILES string of the molecule is C=C1c2c(N)c3c(c(N)c2C(=O)N1C(C)C(C)C)C(=O)c1ccccc1C3=N. The summed E-state index contributed by atoms with van der Waals surface area (Å²) >= 11 is 0. The fraction of sp³-hybridized carbons (Fsp3) is 0.227. The summed E-state index contributed by atoms with van der Waals surface area (Å²) in [5.41, 5.74) is 15.7. The molecule has 28 heavy (non-hydrogen) atoms. The number of hydrogen-bond acceptors (Lipinski definition) is 5. The molecule has 0 saturated heterocycles. The van der Waals surface area contributed by atoms with Crippen molar-refractivity contribution in [3.8, 4) is 0 Å². The lowest BCUT2D eigenvalue weighted by Crippen LogP contribution is -2.36. The Morgan fingerprint density at radius 2 is 1.50 bits per heavy atom. The molecule has 5 N–H and O–H groups in total. The molecule has 0 spiro atoms. The van der Waals surface area contributed by atoms with Crippen molar-refractivity contribution in [2.24, 2.45) is 5.92 Å². The summed E-state index contributed by atoms with van der Waals surface area (Å²) < 4.78 is 0. The van der Waals surface area contributed by atoms with Gasteiger partial charge in [0.1, 0.15) is 0 Å². The van der Waals surface area contributed by atoms with Crippen LogP contribution in [-0.2, 0) is 0 Å². The molecule has 0 radical (unpaired) electrons. The van der Waals surface area contributed by atoms with E-state index >= 15 is 0 Å². The fourth-order valence-corrected chi connectivity index (χ4v) is 4.07. The van der Waals surface area contributed by atoms with Gasteiger partial charge in [-0.15, -0.1) is 0 Å². The van der Waals surface area contributed by atoms with Crippen LogP contribution in [-0.4, -0.2) is 28.3 Å². The third-order valence-corrected chi connectivity index (χ3v) is 5.88. The van der Waals surface area contributed by atoms with Crippen molar-refractivity contribution in [1.29, 1.82) is 5.41 Å². The van der Waals surface area contributed by atoms with Crippen molar-refractivity contribution >= 4 is 34.5 Å². The van der Waals surface area contributed by atoms with Crippen LogP contribution in [0.25, 0.3) is 5.70 Å². The van der Waals surface area contributed by atoms with E-state index in [1.165, 1.54) is 0 Å². The molecule has 0 fully saturated rings. The normalized spacial score (nSPS) is 16.4. The van der Waals surface area contributed by atoms with E-state index in [1.807, 2.05) is 20.8 Å². The number of rotatable bonds is 2. The third kappa shape index (κ3) is 2.05. The second kappa shape index (κ2) is 5.79. The molecule has 0 aromatic heterocycles. The summed E-state index contributed by atoms with van der Waals surface area (Å²) in [5, 5.41) is 8.65. The summed E-state index contributed by atoms with van der Waals surface area (Å²) in [7, 11) is 0. The number of hydrogen-bond donors (Lipinski definition) is 3. The number of anilines is 2. The van der Waals surface area contributed by atoms with Gasteiger partial charge in [-0.3, -0.25) is 15.0 Å². The van der Waals surface area contributed by atoms with Gasteiger partial charge in [0.05, 0.1) is 28.2 Å². The highest BCUT2D eigenvalue weighted by Crippen LogP contribution is 2.46. The Kier molecular flexibility index (Phi) is 3.72. The van der Waals surface area contributed by atoms with Crippen LogP contribution in [0.5, 0.6) is 0 Å². The number of benzene rings is 2. The highest BCUT2D eigenvalue weighted by Gasteiger charge is 2.43. The Bertz CT molecular complexity index is 1030. The van der Waals surface area contributed by atoms with Gasteiger partial charge in [0.2, 0.25) is 0 Å². The van der Waals surface area contributed by atoms with Gasteiger partial charge >= 0.3 is 0 Å². The highest BCUT2D eigenvalue weighted by atomic mass is 16.2. The van der Waals surface area contributed by atoms with E-state index in [9.17, 15) is 9.59 Å². The minimum Gasteiger partial charge on any atom is -0.398 e. The second-order valence-corrected chi connectivity index (χ2v) is 7.68. The predicted molar refractivity (Wildman–Crippen MR) is 111 cm³/mol. The molecule has 1 heterocycles. The number of nitrogens with one attached hydrogen (secondary N) is 1. The number of amides is 1. The van der Waals surface area contributed by atoms with Crippen molar-refractivity contribution in [2.75, 3.05) is 11.5 Å². The topological polar surface area (TPSA) is 113 Å². The Morgan fingerprint density at radius 1 is 0.929 bits per heavy atom. The quantitative estimate of drug-likeness (QED) is 0.472. The maximum absolute atomic E-state index is 13.2. The highest BCUT2D eigenvalue weighted by molar-refractivity contribution is 6.35. The third-order valence-electron chi connectivity index (χ3n) is 5.88. The van der Waals surface area contributed by atoms with E-state index in [0.29, 0.717) is 22.4 Å².